The average Bonchev–Trinajstić information content (AvgIpc) is 3.11. The van der Waals surface area contributed by atoms with Gasteiger partial charge >= 0.3 is 0 Å². The molecule has 0 radical (unpaired) electrons. The van der Waals surface area contributed by atoms with Crippen LogP contribution in [0.2, 0.25) is 0 Å². The Morgan fingerprint density at radius 1 is 1.27 bits per heavy atom. The maximum atomic E-state index is 9.45. The predicted octanol–water partition coefficient (Wildman–Crippen LogP) is 1.74. The van der Waals surface area contributed by atoms with Crippen LogP contribution in [0.15, 0.2) is 27.2 Å². The van der Waals surface area contributed by atoms with Gasteiger partial charge in [0.1, 0.15) is 5.76 Å². The SMILES string of the molecule is Cc1oc(-c2ccco2)nc1CN1CCN(C[C@H](C)O)CC1. The van der Waals surface area contributed by atoms with Gasteiger partial charge in [0.15, 0.2) is 5.76 Å². The fourth-order valence-electron chi connectivity index (χ4n) is 2.80. The summed E-state index contributed by atoms with van der Waals surface area (Å²) in [6, 6.07) is 3.68. The van der Waals surface area contributed by atoms with Crippen molar-refractivity contribution in [3.8, 4) is 11.7 Å². The molecule has 3 heterocycles. The second kappa shape index (κ2) is 6.64. The van der Waals surface area contributed by atoms with E-state index in [2.05, 4.69) is 14.8 Å². The molecule has 1 aliphatic rings. The number of nitrogens with zero attached hydrogens (tertiary/aromatic N) is 3. The van der Waals surface area contributed by atoms with Crippen molar-refractivity contribution < 1.29 is 13.9 Å². The van der Waals surface area contributed by atoms with Gasteiger partial charge in [-0.1, -0.05) is 0 Å². The van der Waals surface area contributed by atoms with Crippen molar-refractivity contribution in [1.82, 2.24) is 14.8 Å². The van der Waals surface area contributed by atoms with Crippen LogP contribution >= 0.6 is 0 Å². The van der Waals surface area contributed by atoms with Crippen LogP contribution < -0.4 is 0 Å². The zero-order valence-electron chi connectivity index (χ0n) is 13.2. The van der Waals surface area contributed by atoms with Crippen LogP contribution in [0.25, 0.3) is 11.7 Å². The van der Waals surface area contributed by atoms with Crippen LogP contribution in [0.4, 0.5) is 0 Å². The smallest absolute Gasteiger partial charge is 0.263 e. The van der Waals surface area contributed by atoms with E-state index < -0.39 is 0 Å². The van der Waals surface area contributed by atoms with Gasteiger partial charge in [-0.2, -0.15) is 0 Å². The number of piperazine rings is 1. The summed E-state index contributed by atoms with van der Waals surface area (Å²) in [5.41, 5.74) is 0.968. The molecule has 1 atom stereocenters. The molecule has 1 aliphatic heterocycles. The van der Waals surface area contributed by atoms with Crippen molar-refractivity contribution in [1.29, 1.82) is 0 Å². The van der Waals surface area contributed by atoms with Crippen molar-refractivity contribution in [3.63, 3.8) is 0 Å². The minimum absolute atomic E-state index is 0.264. The minimum Gasteiger partial charge on any atom is -0.459 e. The summed E-state index contributed by atoms with van der Waals surface area (Å²) in [7, 11) is 0. The molecule has 0 spiro atoms. The summed E-state index contributed by atoms with van der Waals surface area (Å²) in [6.07, 6.45) is 1.36. The fraction of sp³-hybridized carbons (Fsp3) is 0.562. The Morgan fingerprint density at radius 3 is 2.64 bits per heavy atom. The lowest BCUT2D eigenvalue weighted by atomic mass is 10.2. The van der Waals surface area contributed by atoms with E-state index in [0.717, 1.165) is 50.7 Å². The van der Waals surface area contributed by atoms with E-state index in [9.17, 15) is 5.11 Å². The van der Waals surface area contributed by atoms with Crippen LogP contribution in [0.5, 0.6) is 0 Å². The Kier molecular flexibility index (Phi) is 4.61. The summed E-state index contributed by atoms with van der Waals surface area (Å²) in [5, 5.41) is 9.45. The third-order valence-corrected chi connectivity index (χ3v) is 3.99. The average molecular weight is 305 g/mol. The topological polar surface area (TPSA) is 65.9 Å². The number of hydrogen-bond acceptors (Lipinski definition) is 6. The van der Waals surface area contributed by atoms with Gasteiger partial charge in [-0.25, -0.2) is 4.98 Å². The standard InChI is InChI=1S/C16H23N3O3/c1-12(20)10-18-5-7-19(8-6-18)11-14-13(2)22-16(17-14)15-4-3-9-21-15/h3-4,9,12,20H,5-8,10-11H2,1-2H3/t12-/m0/s1. The molecule has 120 valence electrons. The maximum absolute atomic E-state index is 9.45. The first-order valence-electron chi connectivity index (χ1n) is 7.75. The Morgan fingerprint density at radius 2 is 2.00 bits per heavy atom. The van der Waals surface area contributed by atoms with E-state index in [1.807, 2.05) is 26.0 Å². The molecule has 0 bridgehead atoms. The highest BCUT2D eigenvalue weighted by atomic mass is 16.4. The Labute approximate surface area is 130 Å². The van der Waals surface area contributed by atoms with Crippen molar-refractivity contribution in [2.24, 2.45) is 0 Å². The molecule has 6 heteroatoms. The second-order valence-electron chi connectivity index (χ2n) is 5.92. The molecular formula is C16H23N3O3. The highest BCUT2D eigenvalue weighted by molar-refractivity contribution is 5.44. The molecule has 3 rings (SSSR count). The lowest BCUT2D eigenvalue weighted by Gasteiger charge is -2.34. The molecule has 0 aliphatic carbocycles. The summed E-state index contributed by atoms with van der Waals surface area (Å²) < 4.78 is 11.0. The number of hydrogen-bond donors (Lipinski definition) is 1. The Hall–Kier alpha value is -1.63. The number of oxazole rings is 1. The van der Waals surface area contributed by atoms with Crippen molar-refractivity contribution in [3.05, 3.63) is 29.9 Å². The number of furan rings is 1. The van der Waals surface area contributed by atoms with Gasteiger partial charge in [0.25, 0.3) is 5.89 Å². The van der Waals surface area contributed by atoms with Gasteiger partial charge in [0, 0.05) is 39.3 Å². The first-order chi connectivity index (χ1) is 10.6. The van der Waals surface area contributed by atoms with Crippen LogP contribution in [0.1, 0.15) is 18.4 Å². The van der Waals surface area contributed by atoms with Crippen molar-refractivity contribution >= 4 is 0 Å². The molecule has 2 aromatic rings. The number of aromatic nitrogens is 1. The number of β-amino-alcohol motifs (C(OH)–C–C–N with tert-alkyl or cyclic N) is 1. The molecule has 0 saturated carbocycles. The summed E-state index contributed by atoms with van der Waals surface area (Å²) >= 11 is 0. The lowest BCUT2D eigenvalue weighted by Crippen LogP contribution is -2.47. The zero-order valence-corrected chi connectivity index (χ0v) is 13.2. The van der Waals surface area contributed by atoms with Gasteiger partial charge in [-0.05, 0) is 26.0 Å². The number of aliphatic hydroxyl groups excluding tert-OH is 1. The molecule has 2 aromatic heterocycles. The monoisotopic (exact) mass is 305 g/mol. The molecule has 1 saturated heterocycles. The van der Waals surface area contributed by atoms with Crippen molar-refractivity contribution in [2.75, 3.05) is 32.7 Å². The van der Waals surface area contributed by atoms with Gasteiger partial charge in [0.2, 0.25) is 0 Å². The molecule has 0 amide bonds. The van der Waals surface area contributed by atoms with E-state index in [4.69, 9.17) is 8.83 Å². The molecule has 1 N–H and O–H groups in total. The third-order valence-electron chi connectivity index (χ3n) is 3.99. The third kappa shape index (κ3) is 3.58. The molecular weight excluding hydrogens is 282 g/mol. The normalized spacial score (nSPS) is 18.7. The van der Waals surface area contributed by atoms with Crippen molar-refractivity contribution in [2.45, 2.75) is 26.5 Å². The minimum atomic E-state index is -0.264. The van der Waals surface area contributed by atoms with Crippen LogP contribution in [-0.2, 0) is 6.54 Å². The van der Waals surface area contributed by atoms with E-state index in [0.29, 0.717) is 11.7 Å². The number of aliphatic hydroxyl groups is 1. The van der Waals surface area contributed by atoms with Crippen LogP contribution in [0, 0.1) is 6.92 Å². The Balaban J connectivity index is 1.58. The molecule has 0 unspecified atom stereocenters. The van der Waals surface area contributed by atoms with E-state index in [-0.39, 0.29) is 6.10 Å². The second-order valence-corrected chi connectivity index (χ2v) is 5.92. The lowest BCUT2D eigenvalue weighted by molar-refractivity contribution is 0.0775. The summed E-state index contributed by atoms with van der Waals surface area (Å²) in [5.74, 6) is 2.05. The first-order valence-corrected chi connectivity index (χ1v) is 7.75. The zero-order chi connectivity index (χ0) is 15.5. The highest BCUT2D eigenvalue weighted by Crippen LogP contribution is 2.23. The van der Waals surface area contributed by atoms with Gasteiger partial charge < -0.3 is 13.9 Å². The molecule has 0 aromatic carbocycles. The maximum Gasteiger partial charge on any atom is 0.263 e. The summed E-state index contributed by atoms with van der Waals surface area (Å²) in [6.45, 7) is 9.24. The highest BCUT2D eigenvalue weighted by Gasteiger charge is 2.21. The Bertz CT molecular complexity index is 584. The van der Waals surface area contributed by atoms with Gasteiger partial charge in [-0.3, -0.25) is 9.80 Å². The van der Waals surface area contributed by atoms with E-state index in [1.54, 1.807) is 6.26 Å². The van der Waals surface area contributed by atoms with Gasteiger partial charge in [-0.15, -0.1) is 0 Å². The summed E-state index contributed by atoms with van der Waals surface area (Å²) in [4.78, 5) is 9.23. The van der Waals surface area contributed by atoms with Crippen LogP contribution in [-0.4, -0.2) is 58.7 Å². The molecule has 6 nitrogen and oxygen atoms in total. The molecule has 1 fully saturated rings. The van der Waals surface area contributed by atoms with Crippen LogP contribution in [0.3, 0.4) is 0 Å². The quantitative estimate of drug-likeness (QED) is 0.908. The van der Waals surface area contributed by atoms with E-state index in [1.165, 1.54) is 0 Å². The number of rotatable bonds is 5. The van der Waals surface area contributed by atoms with Gasteiger partial charge in [0.05, 0.1) is 18.1 Å². The first kappa shape index (κ1) is 15.3. The number of aryl methyl sites for hydroxylation is 1. The predicted molar refractivity (Wildman–Crippen MR) is 82.3 cm³/mol. The van der Waals surface area contributed by atoms with E-state index >= 15 is 0 Å². The molecule has 22 heavy (non-hydrogen) atoms. The largest absolute Gasteiger partial charge is 0.459 e. The fourth-order valence-corrected chi connectivity index (χ4v) is 2.80.